The highest BCUT2D eigenvalue weighted by Crippen LogP contribution is 2.48. The minimum Gasteiger partial charge on any atom is -0.297 e. The van der Waals surface area contributed by atoms with E-state index in [2.05, 4.69) is 86.3 Å². The summed E-state index contributed by atoms with van der Waals surface area (Å²) < 4.78 is 0. The lowest BCUT2D eigenvalue weighted by Gasteiger charge is -2.54. The third kappa shape index (κ3) is 4.29. The fourth-order valence-corrected chi connectivity index (χ4v) is 4.88. The van der Waals surface area contributed by atoms with Crippen LogP contribution in [0.5, 0.6) is 0 Å². The van der Waals surface area contributed by atoms with Gasteiger partial charge in [0.05, 0.1) is 0 Å². The van der Waals surface area contributed by atoms with Gasteiger partial charge in [-0.1, -0.05) is 78.7 Å². The zero-order chi connectivity index (χ0) is 20.0. The van der Waals surface area contributed by atoms with Crippen molar-refractivity contribution in [2.45, 2.75) is 100 Å². The molecule has 0 atom stereocenters. The molecule has 1 heterocycles. The van der Waals surface area contributed by atoms with Crippen LogP contribution in [0.15, 0.2) is 23.3 Å². The molecular formula is C25H45N. The van der Waals surface area contributed by atoms with E-state index < -0.39 is 0 Å². The molecule has 0 amide bonds. The molecule has 150 valence electrons. The molecule has 2 rings (SSSR count). The average Bonchev–Trinajstić information content (AvgIpc) is 2.53. The second-order valence-corrected chi connectivity index (χ2v) is 11.9. The van der Waals surface area contributed by atoms with Crippen molar-refractivity contribution in [3.63, 3.8) is 0 Å². The van der Waals surface area contributed by atoms with Crippen molar-refractivity contribution in [2.24, 2.45) is 22.2 Å². The maximum Gasteiger partial charge on any atom is 0.0241 e. The Morgan fingerprint density at radius 3 is 1.58 bits per heavy atom. The monoisotopic (exact) mass is 359 g/mol. The van der Waals surface area contributed by atoms with Crippen LogP contribution in [0, 0.1) is 22.2 Å². The van der Waals surface area contributed by atoms with E-state index in [-0.39, 0.29) is 11.0 Å². The summed E-state index contributed by atoms with van der Waals surface area (Å²) in [4.78, 5) is 2.78. The summed E-state index contributed by atoms with van der Waals surface area (Å²) in [5.41, 5.74) is 4.37. The quantitative estimate of drug-likeness (QED) is 0.513. The number of rotatable bonds is 3. The number of likely N-dealkylation sites (tertiary alicyclic amines) is 1. The summed E-state index contributed by atoms with van der Waals surface area (Å²) in [6.07, 6.45) is 10.0. The van der Waals surface area contributed by atoms with Crippen LogP contribution in [0.3, 0.4) is 0 Å². The van der Waals surface area contributed by atoms with Gasteiger partial charge >= 0.3 is 0 Å². The highest BCUT2D eigenvalue weighted by Gasteiger charge is 2.45. The molecule has 1 saturated heterocycles. The van der Waals surface area contributed by atoms with E-state index in [1.54, 1.807) is 11.1 Å². The molecule has 0 aromatic rings. The zero-order valence-corrected chi connectivity index (χ0v) is 19.4. The molecular weight excluding hydrogens is 314 g/mol. The summed E-state index contributed by atoms with van der Waals surface area (Å²) in [5.74, 6) is 0.865. The topological polar surface area (TPSA) is 3.24 Å². The standard InChI is InChI=1S/C25H45N/c1-22(2,3)19-11-13-21(14-12-19)24(7,8)25(9,10)26-17-15-20(16-18-26)23(4,5)6/h11,13,20H,12,14-18H2,1-10H3. The highest BCUT2D eigenvalue weighted by atomic mass is 15.2. The van der Waals surface area contributed by atoms with E-state index in [9.17, 15) is 0 Å². The van der Waals surface area contributed by atoms with Crippen molar-refractivity contribution in [3.05, 3.63) is 23.3 Å². The second-order valence-electron chi connectivity index (χ2n) is 11.9. The molecule has 26 heavy (non-hydrogen) atoms. The molecule has 0 N–H and O–H groups in total. The summed E-state index contributed by atoms with van der Waals surface area (Å²) in [5, 5.41) is 0. The van der Waals surface area contributed by atoms with Crippen LogP contribution < -0.4 is 0 Å². The SMILES string of the molecule is CC(C)(C)C1=CC=C(C(C)(C)C(C)(C)N2CCC(C(C)(C)C)CC2)CC1. The predicted molar refractivity (Wildman–Crippen MR) is 116 cm³/mol. The number of hydrogen-bond donors (Lipinski definition) is 0. The van der Waals surface area contributed by atoms with E-state index in [0.717, 1.165) is 5.92 Å². The van der Waals surface area contributed by atoms with Gasteiger partial charge in [-0.3, -0.25) is 4.90 Å². The molecule has 0 radical (unpaired) electrons. The second kappa shape index (κ2) is 7.12. The Balaban J connectivity index is 2.15. The smallest absolute Gasteiger partial charge is 0.0241 e. The number of hydrogen-bond acceptors (Lipinski definition) is 1. The van der Waals surface area contributed by atoms with Crippen LogP contribution in [0.2, 0.25) is 0 Å². The van der Waals surface area contributed by atoms with Gasteiger partial charge in [-0.2, -0.15) is 0 Å². The molecule has 0 spiro atoms. The van der Waals surface area contributed by atoms with Crippen molar-refractivity contribution < 1.29 is 0 Å². The van der Waals surface area contributed by atoms with Gasteiger partial charge < -0.3 is 0 Å². The van der Waals surface area contributed by atoms with Crippen molar-refractivity contribution >= 4 is 0 Å². The van der Waals surface area contributed by atoms with Gasteiger partial charge in [0.15, 0.2) is 0 Å². The Morgan fingerprint density at radius 2 is 1.19 bits per heavy atom. The first kappa shape index (κ1) is 21.7. The molecule has 1 nitrogen and oxygen atoms in total. The van der Waals surface area contributed by atoms with E-state index in [1.165, 1.54) is 38.8 Å². The lowest BCUT2D eigenvalue weighted by molar-refractivity contribution is -0.0103. The van der Waals surface area contributed by atoms with Crippen LogP contribution >= 0.6 is 0 Å². The van der Waals surface area contributed by atoms with E-state index in [0.29, 0.717) is 10.8 Å². The highest BCUT2D eigenvalue weighted by molar-refractivity contribution is 5.32. The summed E-state index contributed by atoms with van der Waals surface area (Å²) in [7, 11) is 0. The van der Waals surface area contributed by atoms with Crippen molar-refractivity contribution in [1.29, 1.82) is 0 Å². The molecule has 1 aliphatic heterocycles. The molecule has 0 aromatic carbocycles. The van der Waals surface area contributed by atoms with Crippen LogP contribution in [-0.2, 0) is 0 Å². The largest absolute Gasteiger partial charge is 0.297 e. The maximum absolute atomic E-state index is 2.78. The zero-order valence-electron chi connectivity index (χ0n) is 19.4. The Hall–Kier alpha value is -0.560. The first-order chi connectivity index (χ1) is 11.7. The third-order valence-corrected chi connectivity index (χ3v) is 7.96. The summed E-state index contributed by atoms with van der Waals surface area (Å²) in [6, 6.07) is 0. The van der Waals surface area contributed by atoms with E-state index >= 15 is 0 Å². The fraction of sp³-hybridized carbons (Fsp3) is 0.840. The van der Waals surface area contributed by atoms with Crippen molar-refractivity contribution in [2.75, 3.05) is 13.1 Å². The Bertz CT molecular complexity index is 552. The van der Waals surface area contributed by atoms with Gasteiger partial charge in [0.2, 0.25) is 0 Å². The predicted octanol–water partition coefficient (Wildman–Crippen LogP) is 7.24. The van der Waals surface area contributed by atoms with Crippen molar-refractivity contribution in [3.8, 4) is 0 Å². The van der Waals surface area contributed by atoms with Crippen LogP contribution in [0.1, 0.15) is 94.9 Å². The van der Waals surface area contributed by atoms with Crippen molar-refractivity contribution in [1.82, 2.24) is 4.90 Å². The summed E-state index contributed by atoms with van der Waals surface area (Å²) >= 11 is 0. The Morgan fingerprint density at radius 1 is 0.731 bits per heavy atom. The molecule has 0 saturated carbocycles. The molecule has 1 aliphatic carbocycles. The lowest BCUT2D eigenvalue weighted by Crippen LogP contribution is -2.57. The fourth-order valence-electron chi connectivity index (χ4n) is 4.88. The van der Waals surface area contributed by atoms with Gasteiger partial charge in [-0.25, -0.2) is 0 Å². The van der Waals surface area contributed by atoms with Crippen LogP contribution in [0.25, 0.3) is 0 Å². The minimum atomic E-state index is 0.189. The Labute approximate surface area is 164 Å². The maximum atomic E-state index is 2.78. The molecule has 0 bridgehead atoms. The number of piperidine rings is 1. The first-order valence-electron chi connectivity index (χ1n) is 10.8. The first-order valence-corrected chi connectivity index (χ1v) is 10.8. The lowest BCUT2D eigenvalue weighted by atomic mass is 9.64. The normalized spacial score (nSPS) is 22.2. The van der Waals surface area contributed by atoms with Gasteiger partial charge in [0, 0.05) is 11.0 Å². The van der Waals surface area contributed by atoms with Gasteiger partial charge in [0.25, 0.3) is 0 Å². The molecule has 0 aromatic heterocycles. The van der Waals surface area contributed by atoms with E-state index in [1.807, 2.05) is 0 Å². The van der Waals surface area contributed by atoms with Gasteiger partial charge in [-0.15, -0.1) is 0 Å². The van der Waals surface area contributed by atoms with Crippen LogP contribution in [-0.4, -0.2) is 23.5 Å². The van der Waals surface area contributed by atoms with E-state index in [4.69, 9.17) is 0 Å². The molecule has 1 fully saturated rings. The van der Waals surface area contributed by atoms with Gasteiger partial charge in [0.1, 0.15) is 0 Å². The minimum absolute atomic E-state index is 0.189. The number of nitrogens with zero attached hydrogens (tertiary/aromatic N) is 1. The third-order valence-electron chi connectivity index (χ3n) is 7.96. The average molecular weight is 360 g/mol. The molecule has 0 unspecified atom stereocenters. The summed E-state index contributed by atoms with van der Waals surface area (Å²) in [6.45, 7) is 26.7. The number of allylic oxidation sites excluding steroid dienone is 3. The molecule has 2 aliphatic rings. The molecule has 1 heteroatoms. The Kier molecular flexibility index (Phi) is 5.95. The van der Waals surface area contributed by atoms with Gasteiger partial charge in [-0.05, 0) is 69.4 Å². The van der Waals surface area contributed by atoms with Crippen LogP contribution in [0.4, 0.5) is 0 Å².